The molecule has 0 unspecified atom stereocenters. The SMILES string of the molecule is c1ccc(-c2ccc(-n3c4cc(N(c5ccccc5)c5ccc6c7ccccc7c7ccccc7c6c5)ccc4c4c(-c5ccccc5)c5c(cc43)oc3ccccc35)cc2)cc1. The summed E-state index contributed by atoms with van der Waals surface area (Å²) in [6, 6.07) is 83.4. The van der Waals surface area contributed by atoms with Crippen molar-refractivity contribution in [3.05, 3.63) is 231 Å². The highest BCUT2D eigenvalue weighted by atomic mass is 16.3. The number of aromatic nitrogens is 1. The summed E-state index contributed by atoms with van der Waals surface area (Å²) in [7, 11) is 0. The zero-order valence-corrected chi connectivity index (χ0v) is 34.2. The van der Waals surface area contributed by atoms with Gasteiger partial charge in [0.1, 0.15) is 11.2 Å². The predicted octanol–water partition coefficient (Wildman–Crippen LogP) is 16.9. The Morgan fingerprint density at radius 3 is 1.48 bits per heavy atom. The third-order valence-corrected chi connectivity index (χ3v) is 12.9. The lowest BCUT2D eigenvalue weighted by atomic mass is 9.93. The van der Waals surface area contributed by atoms with Crippen molar-refractivity contribution in [1.29, 1.82) is 0 Å². The van der Waals surface area contributed by atoms with Crippen LogP contribution in [0, 0.1) is 0 Å². The summed E-state index contributed by atoms with van der Waals surface area (Å²) in [6.07, 6.45) is 0. The molecule has 11 aromatic carbocycles. The first-order valence-corrected chi connectivity index (χ1v) is 21.6. The highest BCUT2D eigenvalue weighted by Crippen LogP contribution is 2.48. The molecule has 3 nitrogen and oxygen atoms in total. The highest BCUT2D eigenvalue weighted by Gasteiger charge is 2.24. The third kappa shape index (κ3) is 5.53. The van der Waals surface area contributed by atoms with Crippen molar-refractivity contribution < 1.29 is 4.42 Å². The van der Waals surface area contributed by atoms with Gasteiger partial charge in [-0.3, -0.25) is 0 Å². The molecule has 0 aliphatic heterocycles. The van der Waals surface area contributed by atoms with Gasteiger partial charge in [0.05, 0.1) is 11.0 Å². The Bertz CT molecular complexity index is 3850. The summed E-state index contributed by atoms with van der Waals surface area (Å²) in [5.74, 6) is 0. The van der Waals surface area contributed by atoms with E-state index in [1.165, 1.54) is 59.8 Å². The van der Waals surface area contributed by atoms with E-state index in [0.717, 1.165) is 61.3 Å². The summed E-state index contributed by atoms with van der Waals surface area (Å²) in [6.45, 7) is 0. The second kappa shape index (κ2) is 14.1. The third-order valence-electron chi connectivity index (χ3n) is 12.9. The fourth-order valence-corrected chi connectivity index (χ4v) is 10.2. The van der Waals surface area contributed by atoms with Crippen LogP contribution in [0.25, 0.3) is 104 Å². The molecule has 2 heterocycles. The topological polar surface area (TPSA) is 21.3 Å². The molecule has 13 rings (SSSR count). The predicted molar refractivity (Wildman–Crippen MR) is 266 cm³/mol. The molecule has 0 N–H and O–H groups in total. The molecule has 0 spiro atoms. The molecule has 0 atom stereocenters. The maximum atomic E-state index is 6.73. The summed E-state index contributed by atoms with van der Waals surface area (Å²) in [4.78, 5) is 2.40. The van der Waals surface area contributed by atoms with Gasteiger partial charge in [0, 0.05) is 55.9 Å². The molecule has 0 bridgehead atoms. The van der Waals surface area contributed by atoms with Gasteiger partial charge >= 0.3 is 0 Å². The van der Waals surface area contributed by atoms with Crippen molar-refractivity contribution >= 4 is 93.1 Å². The van der Waals surface area contributed by atoms with Crippen molar-refractivity contribution in [2.75, 3.05) is 4.90 Å². The van der Waals surface area contributed by atoms with E-state index in [4.69, 9.17) is 4.42 Å². The molecule has 0 radical (unpaired) electrons. The van der Waals surface area contributed by atoms with Crippen molar-refractivity contribution in [1.82, 2.24) is 4.57 Å². The molecule has 2 aromatic heterocycles. The minimum atomic E-state index is 0.870. The number of hydrogen-bond donors (Lipinski definition) is 0. The Kier molecular flexibility index (Phi) is 7.91. The van der Waals surface area contributed by atoms with E-state index in [-0.39, 0.29) is 0 Å². The van der Waals surface area contributed by atoms with Crippen LogP contribution in [0.15, 0.2) is 235 Å². The standard InChI is InChI=1S/C60H38N2O/c1-4-16-39(17-5-1)40-28-30-43(31-29-40)62-54-37-45(33-35-51(54)59-55(62)38-57-60(52-26-14-15-27-56(52)63-57)58(59)41-18-6-2-7-19-41)61(42-20-8-3-9-21-42)44-32-34-50-48-24-11-10-22-46(48)47-23-12-13-25-49(47)53(50)36-44/h1-38H. The maximum Gasteiger partial charge on any atom is 0.138 e. The van der Waals surface area contributed by atoms with Crippen LogP contribution in [0.3, 0.4) is 0 Å². The Morgan fingerprint density at radius 1 is 0.302 bits per heavy atom. The van der Waals surface area contributed by atoms with Gasteiger partial charge in [-0.2, -0.15) is 0 Å². The van der Waals surface area contributed by atoms with E-state index >= 15 is 0 Å². The molecule has 13 aromatic rings. The van der Waals surface area contributed by atoms with Gasteiger partial charge in [0.25, 0.3) is 0 Å². The number of para-hydroxylation sites is 2. The lowest BCUT2D eigenvalue weighted by Crippen LogP contribution is -2.10. The molecule has 0 saturated heterocycles. The van der Waals surface area contributed by atoms with Crippen LogP contribution >= 0.6 is 0 Å². The largest absolute Gasteiger partial charge is 0.456 e. The Morgan fingerprint density at radius 2 is 0.810 bits per heavy atom. The Labute approximate surface area is 363 Å². The molecular formula is C60H38N2O. The lowest BCUT2D eigenvalue weighted by Gasteiger charge is -2.26. The van der Waals surface area contributed by atoms with Crippen molar-refractivity contribution in [2.24, 2.45) is 0 Å². The van der Waals surface area contributed by atoms with Gasteiger partial charge < -0.3 is 13.9 Å². The number of benzene rings is 11. The summed E-state index contributed by atoms with van der Waals surface area (Å²) >= 11 is 0. The second-order valence-corrected chi connectivity index (χ2v) is 16.4. The van der Waals surface area contributed by atoms with Gasteiger partial charge in [-0.05, 0) is 104 Å². The van der Waals surface area contributed by atoms with E-state index in [0.29, 0.717) is 0 Å². The first kappa shape index (κ1) is 35.4. The number of fused-ring (bicyclic) bond motifs is 12. The summed E-state index contributed by atoms with van der Waals surface area (Å²) in [5, 5.41) is 12.2. The van der Waals surface area contributed by atoms with Crippen LogP contribution in [0.1, 0.15) is 0 Å². The van der Waals surface area contributed by atoms with E-state index in [1.807, 2.05) is 0 Å². The van der Waals surface area contributed by atoms with Gasteiger partial charge in [0.15, 0.2) is 0 Å². The number of nitrogens with zero attached hydrogens (tertiary/aromatic N) is 2. The number of furan rings is 1. The number of rotatable bonds is 6. The lowest BCUT2D eigenvalue weighted by molar-refractivity contribution is 0.669. The summed E-state index contributed by atoms with van der Waals surface area (Å²) < 4.78 is 9.17. The molecule has 0 aliphatic rings. The van der Waals surface area contributed by atoms with Gasteiger partial charge in [-0.1, -0.05) is 170 Å². The zero-order chi connectivity index (χ0) is 41.4. The van der Waals surface area contributed by atoms with Crippen LogP contribution in [0.4, 0.5) is 17.1 Å². The molecular weight excluding hydrogens is 765 g/mol. The molecule has 0 saturated carbocycles. The molecule has 63 heavy (non-hydrogen) atoms. The number of anilines is 3. The molecule has 294 valence electrons. The van der Waals surface area contributed by atoms with Crippen LogP contribution in [-0.2, 0) is 0 Å². The highest BCUT2D eigenvalue weighted by molar-refractivity contribution is 6.28. The average Bonchev–Trinajstić information content (AvgIpc) is 3.89. The van der Waals surface area contributed by atoms with E-state index in [9.17, 15) is 0 Å². The fraction of sp³-hybridized carbons (Fsp3) is 0. The maximum absolute atomic E-state index is 6.73. The molecule has 3 heteroatoms. The minimum Gasteiger partial charge on any atom is -0.456 e. The second-order valence-electron chi connectivity index (χ2n) is 16.4. The van der Waals surface area contributed by atoms with Crippen LogP contribution < -0.4 is 4.90 Å². The molecule has 0 amide bonds. The van der Waals surface area contributed by atoms with E-state index < -0.39 is 0 Å². The van der Waals surface area contributed by atoms with Gasteiger partial charge in [-0.15, -0.1) is 0 Å². The van der Waals surface area contributed by atoms with Crippen molar-refractivity contribution in [3.8, 4) is 27.9 Å². The van der Waals surface area contributed by atoms with Crippen LogP contribution in [-0.4, -0.2) is 4.57 Å². The van der Waals surface area contributed by atoms with Crippen LogP contribution in [0.2, 0.25) is 0 Å². The Balaban J connectivity index is 1.11. The number of hydrogen-bond acceptors (Lipinski definition) is 2. The van der Waals surface area contributed by atoms with Crippen molar-refractivity contribution in [2.45, 2.75) is 0 Å². The van der Waals surface area contributed by atoms with Crippen molar-refractivity contribution in [3.63, 3.8) is 0 Å². The fourth-order valence-electron chi connectivity index (χ4n) is 10.2. The van der Waals surface area contributed by atoms with Gasteiger partial charge in [0.2, 0.25) is 0 Å². The monoisotopic (exact) mass is 802 g/mol. The Hall–Kier alpha value is -8.40. The van der Waals surface area contributed by atoms with Gasteiger partial charge in [-0.25, -0.2) is 0 Å². The quantitative estimate of drug-likeness (QED) is 0.156. The van der Waals surface area contributed by atoms with E-state index in [2.05, 4.69) is 240 Å². The summed E-state index contributed by atoms with van der Waals surface area (Å²) in [5.41, 5.74) is 13.0. The first-order valence-electron chi connectivity index (χ1n) is 21.6. The smallest absolute Gasteiger partial charge is 0.138 e. The molecule has 0 aliphatic carbocycles. The first-order chi connectivity index (χ1) is 31.3. The average molecular weight is 803 g/mol. The molecule has 0 fully saturated rings. The minimum absolute atomic E-state index is 0.870. The zero-order valence-electron chi connectivity index (χ0n) is 34.2. The van der Waals surface area contributed by atoms with Crippen LogP contribution in [0.5, 0.6) is 0 Å². The normalized spacial score (nSPS) is 11.8. The van der Waals surface area contributed by atoms with E-state index in [1.54, 1.807) is 0 Å².